The summed E-state index contributed by atoms with van der Waals surface area (Å²) in [6, 6.07) is 0. The molecule has 0 radical (unpaired) electrons. The van der Waals surface area contributed by atoms with Crippen LogP contribution < -0.4 is 0 Å². The molecule has 0 rings (SSSR count). The van der Waals surface area contributed by atoms with Crippen LogP contribution in [0, 0.1) is 0 Å². The smallest absolute Gasteiger partial charge is 0.306 e. The van der Waals surface area contributed by atoms with Crippen LogP contribution in [0.4, 0.5) is 0 Å². The van der Waals surface area contributed by atoms with Crippen LogP contribution in [0.1, 0.15) is 342 Å². The third kappa shape index (κ3) is 60.1. The van der Waals surface area contributed by atoms with Gasteiger partial charge in [-0.15, -0.1) is 0 Å². The fourth-order valence-electron chi connectivity index (χ4n) is 9.45. The summed E-state index contributed by atoms with van der Waals surface area (Å²) < 4.78 is 16.9. The lowest BCUT2D eigenvalue weighted by Gasteiger charge is -2.18. The van der Waals surface area contributed by atoms with E-state index in [0.717, 1.165) is 70.6 Å². The monoisotopic (exact) mass is 1020 g/mol. The Morgan fingerprint density at radius 2 is 0.493 bits per heavy atom. The molecule has 6 heteroatoms. The average Bonchev–Trinajstić information content (AvgIpc) is 3.39. The van der Waals surface area contributed by atoms with Crippen LogP contribution in [0.25, 0.3) is 0 Å². The molecule has 0 aromatic rings. The predicted molar refractivity (Wildman–Crippen MR) is 316 cm³/mol. The topological polar surface area (TPSA) is 78.9 Å². The van der Waals surface area contributed by atoms with E-state index < -0.39 is 6.10 Å². The van der Waals surface area contributed by atoms with Gasteiger partial charge in [-0.2, -0.15) is 0 Å². The van der Waals surface area contributed by atoms with Gasteiger partial charge >= 0.3 is 17.9 Å². The molecule has 0 N–H and O–H groups in total. The van der Waals surface area contributed by atoms with Crippen molar-refractivity contribution in [1.29, 1.82) is 0 Å². The van der Waals surface area contributed by atoms with Crippen LogP contribution in [0.15, 0.2) is 48.6 Å². The number of esters is 3. The van der Waals surface area contributed by atoms with Crippen LogP contribution in [-0.4, -0.2) is 37.2 Å². The van der Waals surface area contributed by atoms with Gasteiger partial charge in [-0.05, 0) is 83.5 Å². The zero-order valence-electron chi connectivity index (χ0n) is 48.9. The zero-order valence-corrected chi connectivity index (χ0v) is 48.9. The van der Waals surface area contributed by atoms with Crippen LogP contribution in [0.5, 0.6) is 0 Å². The lowest BCUT2D eigenvalue weighted by molar-refractivity contribution is -0.167. The molecule has 0 aromatic carbocycles. The number of carbonyl (C=O) groups is 3. The summed E-state index contributed by atoms with van der Waals surface area (Å²) >= 11 is 0. The second-order valence-corrected chi connectivity index (χ2v) is 21.7. The largest absolute Gasteiger partial charge is 0.462 e. The molecule has 0 saturated heterocycles. The van der Waals surface area contributed by atoms with E-state index >= 15 is 0 Å². The highest BCUT2D eigenvalue weighted by atomic mass is 16.6. The maximum atomic E-state index is 12.9. The molecular formula is C67H122O6. The maximum absolute atomic E-state index is 12.9. The van der Waals surface area contributed by atoms with E-state index in [0.29, 0.717) is 19.3 Å². The third-order valence-electron chi connectivity index (χ3n) is 14.3. The van der Waals surface area contributed by atoms with E-state index in [4.69, 9.17) is 14.2 Å². The highest BCUT2D eigenvalue weighted by molar-refractivity contribution is 5.71. The molecule has 0 heterocycles. The van der Waals surface area contributed by atoms with Gasteiger partial charge in [0.25, 0.3) is 0 Å². The molecule has 0 bridgehead atoms. The predicted octanol–water partition coefficient (Wildman–Crippen LogP) is 21.8. The van der Waals surface area contributed by atoms with Gasteiger partial charge in [-0.3, -0.25) is 14.4 Å². The van der Waals surface area contributed by atoms with Crippen molar-refractivity contribution < 1.29 is 28.6 Å². The normalized spacial score (nSPS) is 12.3. The molecule has 1 atom stereocenters. The number of carbonyl (C=O) groups excluding carboxylic acids is 3. The Kier molecular flexibility index (Phi) is 59.7. The van der Waals surface area contributed by atoms with Crippen LogP contribution in [0.2, 0.25) is 0 Å². The van der Waals surface area contributed by atoms with Gasteiger partial charge in [0.05, 0.1) is 0 Å². The SMILES string of the molecule is CCCCCCC/C=C\C/C=C\C/C=C\CCCCCCCCCCCCC(=O)OCC(COC(=O)CCCCCCCCCCC)OC(=O)CCCCCCCCCCC/C=C\CCCCCCCCCC. The van der Waals surface area contributed by atoms with Gasteiger partial charge in [0.15, 0.2) is 6.10 Å². The van der Waals surface area contributed by atoms with Crippen molar-refractivity contribution in [3.8, 4) is 0 Å². The van der Waals surface area contributed by atoms with Gasteiger partial charge in [0.1, 0.15) is 13.2 Å². The maximum Gasteiger partial charge on any atom is 0.306 e. The molecule has 0 spiro atoms. The van der Waals surface area contributed by atoms with Crippen LogP contribution in [-0.2, 0) is 28.6 Å². The summed E-state index contributed by atoms with van der Waals surface area (Å²) in [6.07, 6.45) is 77.0. The Balaban J connectivity index is 4.20. The molecule has 0 fully saturated rings. The summed E-state index contributed by atoms with van der Waals surface area (Å²) in [4.78, 5) is 38.2. The summed E-state index contributed by atoms with van der Waals surface area (Å²) in [6.45, 7) is 6.65. The van der Waals surface area contributed by atoms with Crippen molar-refractivity contribution >= 4 is 17.9 Å². The Morgan fingerprint density at radius 3 is 0.781 bits per heavy atom. The van der Waals surface area contributed by atoms with E-state index in [1.165, 1.54) is 231 Å². The van der Waals surface area contributed by atoms with Crippen LogP contribution in [0.3, 0.4) is 0 Å². The van der Waals surface area contributed by atoms with E-state index in [-0.39, 0.29) is 31.1 Å². The van der Waals surface area contributed by atoms with Gasteiger partial charge in [-0.1, -0.05) is 288 Å². The number of hydrogen-bond donors (Lipinski definition) is 0. The lowest BCUT2D eigenvalue weighted by atomic mass is 10.0. The summed E-state index contributed by atoms with van der Waals surface area (Å²) in [7, 11) is 0. The van der Waals surface area contributed by atoms with E-state index in [2.05, 4.69) is 69.4 Å². The average molecular weight is 1020 g/mol. The molecule has 0 amide bonds. The number of allylic oxidation sites excluding steroid dienone is 8. The van der Waals surface area contributed by atoms with Crippen LogP contribution >= 0.6 is 0 Å². The minimum Gasteiger partial charge on any atom is -0.462 e. The van der Waals surface area contributed by atoms with Crippen molar-refractivity contribution in [3.05, 3.63) is 48.6 Å². The fourth-order valence-corrected chi connectivity index (χ4v) is 9.45. The Morgan fingerprint density at radius 1 is 0.274 bits per heavy atom. The van der Waals surface area contributed by atoms with Crippen molar-refractivity contribution in [2.45, 2.75) is 348 Å². The van der Waals surface area contributed by atoms with Gasteiger partial charge in [0.2, 0.25) is 0 Å². The molecule has 0 aliphatic heterocycles. The zero-order chi connectivity index (χ0) is 52.9. The van der Waals surface area contributed by atoms with Crippen molar-refractivity contribution in [2.75, 3.05) is 13.2 Å². The Bertz CT molecular complexity index is 1270. The minimum absolute atomic E-state index is 0.0719. The Hall–Kier alpha value is -2.63. The molecule has 0 aliphatic rings. The molecule has 6 nitrogen and oxygen atoms in total. The minimum atomic E-state index is -0.773. The number of hydrogen-bond acceptors (Lipinski definition) is 6. The first kappa shape index (κ1) is 70.4. The summed E-state index contributed by atoms with van der Waals surface area (Å²) in [5, 5.41) is 0. The van der Waals surface area contributed by atoms with Crippen molar-refractivity contribution in [2.24, 2.45) is 0 Å². The third-order valence-corrected chi connectivity index (χ3v) is 14.3. The Labute approximate surface area is 454 Å². The van der Waals surface area contributed by atoms with Crippen molar-refractivity contribution in [1.82, 2.24) is 0 Å². The molecule has 426 valence electrons. The molecule has 0 aliphatic carbocycles. The lowest BCUT2D eigenvalue weighted by Crippen LogP contribution is -2.30. The number of unbranched alkanes of at least 4 members (excludes halogenated alkanes) is 40. The number of ether oxygens (including phenoxy) is 3. The quantitative estimate of drug-likeness (QED) is 0.0261. The fraction of sp³-hybridized carbons (Fsp3) is 0.836. The molecule has 1 unspecified atom stereocenters. The van der Waals surface area contributed by atoms with Gasteiger partial charge in [0, 0.05) is 19.3 Å². The van der Waals surface area contributed by atoms with E-state index in [1.54, 1.807) is 0 Å². The first-order chi connectivity index (χ1) is 36.0. The second kappa shape index (κ2) is 61.9. The molecule has 73 heavy (non-hydrogen) atoms. The highest BCUT2D eigenvalue weighted by Gasteiger charge is 2.19. The molecular weight excluding hydrogens is 901 g/mol. The van der Waals surface area contributed by atoms with Gasteiger partial charge < -0.3 is 14.2 Å². The van der Waals surface area contributed by atoms with Gasteiger partial charge in [-0.25, -0.2) is 0 Å². The molecule has 0 saturated carbocycles. The first-order valence-electron chi connectivity index (χ1n) is 32.1. The van der Waals surface area contributed by atoms with E-state index in [9.17, 15) is 14.4 Å². The summed E-state index contributed by atoms with van der Waals surface area (Å²) in [5.74, 6) is -0.863. The summed E-state index contributed by atoms with van der Waals surface area (Å²) in [5.41, 5.74) is 0. The van der Waals surface area contributed by atoms with Crippen molar-refractivity contribution in [3.63, 3.8) is 0 Å². The number of rotatable bonds is 59. The first-order valence-corrected chi connectivity index (χ1v) is 32.1. The molecule has 0 aromatic heterocycles. The van der Waals surface area contributed by atoms with E-state index in [1.807, 2.05) is 0 Å². The standard InChI is InChI=1S/C67H122O6/c1-4-7-10-13-16-19-21-23-25-27-29-31-32-33-34-36-37-39-41-43-45-48-51-54-57-60-66(69)72-63-64(62-71-65(68)59-56-53-50-47-18-15-12-9-6-3)73-67(70)61-58-55-52-49-46-44-42-40-38-35-30-28-26-24-22-20-17-14-11-8-5-2/h21,23,27-30,32-33,64H,4-20,22,24-26,31,34-63H2,1-3H3/b23-21-,29-27-,30-28-,33-32-. The second-order valence-electron chi connectivity index (χ2n) is 21.7. The highest BCUT2D eigenvalue weighted by Crippen LogP contribution is 2.17.